The lowest BCUT2D eigenvalue weighted by Crippen LogP contribution is -2.40. The molecule has 7 aromatic rings. The van der Waals surface area contributed by atoms with Gasteiger partial charge in [0.1, 0.15) is 0 Å². The minimum absolute atomic E-state index is 0.257. The molecular formula is C46H40N6O3. The van der Waals surface area contributed by atoms with Gasteiger partial charge in [-0.15, -0.1) is 0 Å². The van der Waals surface area contributed by atoms with E-state index in [-0.39, 0.29) is 37.0 Å². The maximum absolute atomic E-state index is 14.0. The molecule has 1 aliphatic carbocycles. The Kier molecular flexibility index (Phi) is 9.83. The van der Waals surface area contributed by atoms with E-state index < -0.39 is 17.8 Å². The van der Waals surface area contributed by atoms with Crippen LogP contribution in [0.1, 0.15) is 30.4 Å². The van der Waals surface area contributed by atoms with Crippen LogP contribution in [0.4, 0.5) is 17.1 Å². The predicted octanol–water partition coefficient (Wildman–Crippen LogP) is 9.38. The summed E-state index contributed by atoms with van der Waals surface area (Å²) in [7, 11) is 0. The first-order valence-corrected chi connectivity index (χ1v) is 18.5. The Hall–Kier alpha value is -6.74. The molecule has 55 heavy (non-hydrogen) atoms. The Morgan fingerprint density at radius 1 is 0.491 bits per heavy atom. The van der Waals surface area contributed by atoms with Gasteiger partial charge >= 0.3 is 0 Å². The largest absolute Gasteiger partial charge is 0.324 e. The summed E-state index contributed by atoms with van der Waals surface area (Å²) < 4.78 is 0. The van der Waals surface area contributed by atoms with E-state index in [9.17, 15) is 14.4 Å². The highest BCUT2D eigenvalue weighted by Gasteiger charge is 2.39. The zero-order valence-electron chi connectivity index (χ0n) is 30.6. The molecule has 3 heterocycles. The van der Waals surface area contributed by atoms with Gasteiger partial charge in [0.25, 0.3) is 0 Å². The van der Waals surface area contributed by atoms with E-state index in [0.717, 1.165) is 55.3 Å². The Morgan fingerprint density at radius 2 is 0.909 bits per heavy atom. The zero-order chi connectivity index (χ0) is 37.9. The summed E-state index contributed by atoms with van der Waals surface area (Å²) in [5.41, 5.74) is 8.01. The molecular weight excluding hydrogens is 685 g/mol. The molecule has 272 valence electrons. The molecule has 8 rings (SSSR count). The third-order valence-electron chi connectivity index (χ3n) is 10.4. The normalized spacial score (nSPS) is 16.7. The van der Waals surface area contributed by atoms with E-state index in [1.807, 2.05) is 129 Å². The molecule has 0 aliphatic heterocycles. The number of nitrogens with zero attached hydrogens (tertiary/aromatic N) is 3. The van der Waals surface area contributed by atoms with Gasteiger partial charge in [-0.25, -0.2) is 0 Å². The Labute approximate surface area is 319 Å². The van der Waals surface area contributed by atoms with Gasteiger partial charge in [0.05, 0.1) is 52.6 Å². The molecule has 4 aromatic carbocycles. The number of carbonyl (C=O) groups excluding carboxylic acids is 3. The first-order valence-electron chi connectivity index (χ1n) is 18.5. The highest BCUT2D eigenvalue weighted by atomic mass is 16.2. The molecule has 9 nitrogen and oxygen atoms in total. The number of carbonyl (C=O) groups is 3. The molecule has 3 N–H and O–H groups in total. The third-order valence-corrected chi connectivity index (χ3v) is 10.4. The van der Waals surface area contributed by atoms with Crippen molar-refractivity contribution in [2.24, 2.45) is 17.8 Å². The summed E-state index contributed by atoms with van der Waals surface area (Å²) in [4.78, 5) is 55.8. The second-order valence-electron chi connectivity index (χ2n) is 14.4. The Bertz CT molecular complexity index is 2450. The lowest BCUT2D eigenvalue weighted by atomic mass is 9.74. The van der Waals surface area contributed by atoms with Crippen molar-refractivity contribution in [1.82, 2.24) is 15.0 Å². The molecule has 1 saturated carbocycles. The van der Waals surface area contributed by atoms with Crippen molar-refractivity contribution in [1.29, 1.82) is 0 Å². The van der Waals surface area contributed by atoms with Gasteiger partial charge in [0, 0.05) is 39.7 Å². The van der Waals surface area contributed by atoms with Gasteiger partial charge in [-0.2, -0.15) is 0 Å². The van der Waals surface area contributed by atoms with Crippen molar-refractivity contribution in [3.8, 4) is 22.5 Å². The predicted molar refractivity (Wildman–Crippen MR) is 218 cm³/mol. The summed E-state index contributed by atoms with van der Waals surface area (Å²) in [6, 6.07) is 37.5. The SMILES string of the molecule is Cc1cc(NC(=O)C2CC(C(=O)Nc3cnc(-c4ccccc4)c(C)c3)CC(C(=O)Nc3cnc4c(ccc5ccccc54)c3)C2)cnc1-c1ccccc1. The number of anilines is 3. The van der Waals surface area contributed by atoms with Crippen LogP contribution < -0.4 is 16.0 Å². The number of rotatable bonds is 8. The number of nitrogens with one attached hydrogen (secondary N) is 3. The monoisotopic (exact) mass is 724 g/mol. The van der Waals surface area contributed by atoms with Gasteiger partial charge in [-0.1, -0.05) is 97.1 Å². The number of pyridine rings is 3. The molecule has 0 spiro atoms. The summed E-state index contributed by atoms with van der Waals surface area (Å²) in [5, 5.41) is 12.1. The van der Waals surface area contributed by atoms with E-state index in [2.05, 4.69) is 25.9 Å². The minimum atomic E-state index is -0.604. The fourth-order valence-electron chi connectivity index (χ4n) is 7.72. The molecule has 3 aromatic heterocycles. The molecule has 2 unspecified atom stereocenters. The van der Waals surface area contributed by atoms with E-state index >= 15 is 0 Å². The van der Waals surface area contributed by atoms with E-state index in [1.165, 1.54) is 0 Å². The summed E-state index contributed by atoms with van der Waals surface area (Å²) in [6.45, 7) is 3.92. The van der Waals surface area contributed by atoms with Crippen LogP contribution in [0.15, 0.2) is 134 Å². The maximum atomic E-state index is 14.0. The van der Waals surface area contributed by atoms with Crippen LogP contribution in [-0.2, 0) is 14.4 Å². The lowest BCUT2D eigenvalue weighted by molar-refractivity contribution is -0.129. The number of hydrogen-bond donors (Lipinski definition) is 3. The van der Waals surface area contributed by atoms with Crippen molar-refractivity contribution in [3.63, 3.8) is 0 Å². The van der Waals surface area contributed by atoms with Gasteiger partial charge in [0.2, 0.25) is 17.7 Å². The number of aryl methyl sites for hydroxylation is 2. The quantitative estimate of drug-likeness (QED) is 0.134. The van der Waals surface area contributed by atoms with Crippen molar-refractivity contribution >= 4 is 56.5 Å². The molecule has 1 aliphatic rings. The average Bonchev–Trinajstić information content (AvgIpc) is 3.21. The van der Waals surface area contributed by atoms with Crippen molar-refractivity contribution in [2.45, 2.75) is 33.1 Å². The van der Waals surface area contributed by atoms with E-state index in [0.29, 0.717) is 17.1 Å². The van der Waals surface area contributed by atoms with Crippen LogP contribution >= 0.6 is 0 Å². The molecule has 1 fully saturated rings. The van der Waals surface area contributed by atoms with Gasteiger partial charge in [-0.3, -0.25) is 29.3 Å². The van der Waals surface area contributed by atoms with Crippen molar-refractivity contribution in [2.75, 3.05) is 16.0 Å². The Morgan fingerprint density at radius 3 is 1.40 bits per heavy atom. The standard InChI is InChI=1S/C46H40N6O3/c1-28-19-37(25-47-41(28)31-12-5-3-6-13-31)50-44(53)34-21-35(45(54)51-38-20-29(2)42(48-26-38)32-14-7-4-8-15-32)23-36(22-34)46(55)52-39-24-33-18-17-30-11-9-10-16-40(30)43(33)49-27-39/h3-20,24-27,34-36H,21-23H2,1-2H3,(H,50,53)(H,51,54)(H,52,55). The first kappa shape index (κ1) is 35.3. The van der Waals surface area contributed by atoms with Crippen molar-refractivity contribution < 1.29 is 14.4 Å². The number of benzene rings is 4. The van der Waals surface area contributed by atoms with Crippen LogP contribution in [-0.4, -0.2) is 32.7 Å². The minimum Gasteiger partial charge on any atom is -0.324 e. The maximum Gasteiger partial charge on any atom is 0.227 e. The summed E-state index contributed by atoms with van der Waals surface area (Å²) >= 11 is 0. The lowest BCUT2D eigenvalue weighted by Gasteiger charge is -2.33. The number of aromatic nitrogens is 3. The van der Waals surface area contributed by atoms with Crippen LogP contribution in [0, 0.1) is 31.6 Å². The highest BCUT2D eigenvalue weighted by molar-refractivity contribution is 6.06. The molecule has 0 saturated heterocycles. The van der Waals surface area contributed by atoms with Crippen LogP contribution in [0.5, 0.6) is 0 Å². The van der Waals surface area contributed by atoms with Crippen molar-refractivity contribution in [3.05, 3.63) is 145 Å². The summed E-state index contributed by atoms with van der Waals surface area (Å²) in [6.07, 6.45) is 5.81. The Balaban J connectivity index is 1.02. The molecule has 2 atom stereocenters. The fourth-order valence-corrected chi connectivity index (χ4v) is 7.72. The second-order valence-corrected chi connectivity index (χ2v) is 14.4. The van der Waals surface area contributed by atoms with Gasteiger partial charge in [0.15, 0.2) is 0 Å². The second kappa shape index (κ2) is 15.3. The fraction of sp³-hybridized carbons (Fsp3) is 0.174. The number of hydrogen-bond acceptors (Lipinski definition) is 6. The first-order chi connectivity index (χ1) is 26.8. The van der Waals surface area contributed by atoms with Crippen LogP contribution in [0.25, 0.3) is 44.2 Å². The molecule has 0 bridgehead atoms. The number of fused-ring (bicyclic) bond motifs is 3. The van der Waals surface area contributed by atoms with Gasteiger partial charge < -0.3 is 16.0 Å². The smallest absolute Gasteiger partial charge is 0.227 e. The highest BCUT2D eigenvalue weighted by Crippen LogP contribution is 2.37. The molecule has 9 heteroatoms. The van der Waals surface area contributed by atoms with Gasteiger partial charge in [-0.05, 0) is 67.8 Å². The summed E-state index contributed by atoms with van der Waals surface area (Å²) in [5.74, 6) is -2.58. The average molecular weight is 725 g/mol. The van der Waals surface area contributed by atoms with E-state index in [1.54, 1.807) is 18.6 Å². The van der Waals surface area contributed by atoms with Crippen LogP contribution in [0.3, 0.4) is 0 Å². The number of amides is 3. The van der Waals surface area contributed by atoms with E-state index in [4.69, 9.17) is 4.98 Å². The van der Waals surface area contributed by atoms with Crippen LogP contribution in [0.2, 0.25) is 0 Å². The topological polar surface area (TPSA) is 126 Å². The zero-order valence-corrected chi connectivity index (χ0v) is 30.6. The molecule has 0 radical (unpaired) electrons. The molecule has 3 amide bonds. The third kappa shape index (κ3) is 7.68.